The molecule has 0 saturated heterocycles. The minimum absolute atomic E-state index is 0.000231. The molecule has 1 aliphatic carbocycles. The van der Waals surface area contributed by atoms with Crippen LogP contribution < -0.4 is 11.1 Å². The molecule has 2 rings (SSSR count). The summed E-state index contributed by atoms with van der Waals surface area (Å²) in [4.78, 5) is 3.61. The number of nitrogens with zero attached hydrogens (tertiary/aromatic N) is 1. The van der Waals surface area contributed by atoms with Gasteiger partial charge in [-0.2, -0.15) is 13.2 Å². The van der Waals surface area contributed by atoms with E-state index in [2.05, 4.69) is 17.2 Å². The van der Waals surface area contributed by atoms with Gasteiger partial charge in [-0.05, 0) is 38.3 Å². The normalized spacial score (nSPS) is 21.6. The van der Waals surface area contributed by atoms with Gasteiger partial charge in [0.1, 0.15) is 5.82 Å². The number of halogens is 3. The fourth-order valence-electron chi connectivity index (χ4n) is 3.29. The van der Waals surface area contributed by atoms with Crippen molar-refractivity contribution < 1.29 is 13.2 Å². The lowest BCUT2D eigenvalue weighted by Crippen LogP contribution is -2.28. The average molecular weight is 354 g/mol. The van der Waals surface area contributed by atoms with Crippen LogP contribution in [0.15, 0.2) is 24.0 Å². The molecule has 7 heteroatoms. The smallest absolute Gasteiger partial charge is 0.386 e. The van der Waals surface area contributed by atoms with Crippen LogP contribution in [0.4, 0.5) is 19.0 Å². The Hall–Kier alpha value is -2.05. The zero-order chi connectivity index (χ0) is 18.8. The molecule has 2 atom stereocenters. The number of aromatic nitrogens is 1. The Balaban J connectivity index is 2.35. The molecule has 138 valence electrons. The Morgan fingerprint density at radius 1 is 1.40 bits per heavy atom. The maximum Gasteiger partial charge on any atom is 0.419 e. The summed E-state index contributed by atoms with van der Waals surface area (Å²) < 4.78 is 39.0. The number of alkyl halides is 3. The van der Waals surface area contributed by atoms with Gasteiger partial charge in [-0.3, -0.25) is 0 Å². The lowest BCUT2D eigenvalue weighted by molar-refractivity contribution is -0.137. The number of nitrogen functional groups attached to an aromatic ring is 1. The van der Waals surface area contributed by atoms with Gasteiger partial charge in [-0.25, -0.2) is 4.98 Å². The standard InChI is InChI=1S/C18H25F3N4/c1-10(2)25-16(13-6-4-5-11(13)3)8-15(22)12-7-14(18(19,20)21)17(23)24-9-12/h7-11,13,22,25H,4-6H2,1-3H3,(H2,23,24)/b16-8-,22-15?/t11-,13+/m0/s1. The largest absolute Gasteiger partial charge is 0.419 e. The molecule has 25 heavy (non-hydrogen) atoms. The molecule has 0 unspecified atom stereocenters. The average Bonchev–Trinajstić information content (AvgIpc) is 2.91. The summed E-state index contributed by atoms with van der Waals surface area (Å²) in [6.45, 7) is 6.18. The van der Waals surface area contributed by atoms with E-state index in [9.17, 15) is 13.2 Å². The predicted molar refractivity (Wildman–Crippen MR) is 93.3 cm³/mol. The second-order valence-electron chi connectivity index (χ2n) is 6.98. The molecule has 0 spiro atoms. The summed E-state index contributed by atoms with van der Waals surface area (Å²) in [6.07, 6.45) is 1.53. The molecule has 1 fully saturated rings. The van der Waals surface area contributed by atoms with Crippen LogP contribution in [0.1, 0.15) is 51.2 Å². The van der Waals surface area contributed by atoms with Crippen molar-refractivity contribution in [2.45, 2.75) is 52.3 Å². The van der Waals surface area contributed by atoms with E-state index in [0.717, 1.165) is 31.0 Å². The number of allylic oxidation sites excluding steroid dienone is 2. The molecule has 1 aromatic heterocycles. The van der Waals surface area contributed by atoms with Crippen LogP contribution in [0, 0.1) is 17.2 Å². The number of pyridine rings is 1. The Morgan fingerprint density at radius 2 is 2.08 bits per heavy atom. The fourth-order valence-corrected chi connectivity index (χ4v) is 3.29. The van der Waals surface area contributed by atoms with Crippen molar-refractivity contribution in [1.29, 1.82) is 5.41 Å². The number of anilines is 1. The molecule has 0 bridgehead atoms. The third kappa shape index (κ3) is 4.74. The van der Waals surface area contributed by atoms with Gasteiger partial charge >= 0.3 is 6.18 Å². The van der Waals surface area contributed by atoms with Crippen molar-refractivity contribution in [3.63, 3.8) is 0 Å². The Morgan fingerprint density at radius 3 is 2.60 bits per heavy atom. The molecule has 1 aliphatic rings. The monoisotopic (exact) mass is 354 g/mol. The second-order valence-corrected chi connectivity index (χ2v) is 6.98. The van der Waals surface area contributed by atoms with Gasteiger partial charge in [-0.15, -0.1) is 0 Å². The number of hydrogen-bond acceptors (Lipinski definition) is 4. The van der Waals surface area contributed by atoms with Crippen LogP contribution in [0.3, 0.4) is 0 Å². The molecule has 4 N–H and O–H groups in total. The molecule has 1 aromatic rings. The molecule has 4 nitrogen and oxygen atoms in total. The van der Waals surface area contributed by atoms with E-state index in [0.29, 0.717) is 11.8 Å². The third-order valence-electron chi connectivity index (χ3n) is 4.55. The Labute approximate surface area is 146 Å². The van der Waals surface area contributed by atoms with Crippen molar-refractivity contribution in [2.24, 2.45) is 11.8 Å². The van der Waals surface area contributed by atoms with E-state index in [-0.39, 0.29) is 17.3 Å². The lowest BCUT2D eigenvalue weighted by atomic mass is 9.92. The zero-order valence-corrected chi connectivity index (χ0v) is 14.7. The maximum atomic E-state index is 13.0. The van der Waals surface area contributed by atoms with Crippen molar-refractivity contribution in [2.75, 3.05) is 5.73 Å². The first-order chi connectivity index (χ1) is 11.6. The van der Waals surface area contributed by atoms with Gasteiger partial charge in [-0.1, -0.05) is 19.8 Å². The highest BCUT2D eigenvalue weighted by atomic mass is 19.4. The number of nitrogens with one attached hydrogen (secondary N) is 2. The van der Waals surface area contributed by atoms with Crippen LogP contribution in [-0.2, 0) is 6.18 Å². The number of hydrogen-bond donors (Lipinski definition) is 3. The topological polar surface area (TPSA) is 74.8 Å². The van der Waals surface area contributed by atoms with E-state index in [1.54, 1.807) is 6.08 Å². The maximum absolute atomic E-state index is 13.0. The third-order valence-corrected chi connectivity index (χ3v) is 4.55. The summed E-state index contributed by atoms with van der Waals surface area (Å²) in [6, 6.07) is 1.08. The van der Waals surface area contributed by atoms with Gasteiger partial charge in [0.25, 0.3) is 0 Å². The molecule has 0 radical (unpaired) electrons. The molecular weight excluding hydrogens is 329 g/mol. The summed E-state index contributed by atoms with van der Waals surface area (Å²) in [5.74, 6) is 0.213. The minimum Gasteiger partial charge on any atom is -0.386 e. The summed E-state index contributed by atoms with van der Waals surface area (Å²) in [5.41, 5.74) is 5.35. The van der Waals surface area contributed by atoms with E-state index in [4.69, 9.17) is 11.1 Å². The molecular formula is C18H25F3N4. The first-order valence-electron chi connectivity index (χ1n) is 8.49. The van der Waals surface area contributed by atoms with Crippen LogP contribution in [0.2, 0.25) is 0 Å². The molecule has 1 heterocycles. The molecule has 0 aliphatic heterocycles. The van der Waals surface area contributed by atoms with Gasteiger partial charge < -0.3 is 16.5 Å². The van der Waals surface area contributed by atoms with E-state index >= 15 is 0 Å². The molecule has 1 saturated carbocycles. The van der Waals surface area contributed by atoms with Crippen molar-refractivity contribution >= 4 is 11.5 Å². The minimum atomic E-state index is -4.59. The van der Waals surface area contributed by atoms with Crippen molar-refractivity contribution in [3.8, 4) is 0 Å². The van der Waals surface area contributed by atoms with E-state index in [1.807, 2.05) is 13.8 Å². The van der Waals surface area contributed by atoms with E-state index in [1.165, 1.54) is 6.20 Å². The van der Waals surface area contributed by atoms with Crippen LogP contribution in [0.25, 0.3) is 0 Å². The first-order valence-corrected chi connectivity index (χ1v) is 8.49. The van der Waals surface area contributed by atoms with Gasteiger partial charge in [0.2, 0.25) is 0 Å². The van der Waals surface area contributed by atoms with Gasteiger partial charge in [0, 0.05) is 29.4 Å². The van der Waals surface area contributed by atoms with Gasteiger partial charge in [0.15, 0.2) is 0 Å². The fraction of sp³-hybridized carbons (Fsp3) is 0.556. The zero-order valence-electron chi connectivity index (χ0n) is 14.7. The van der Waals surface area contributed by atoms with Crippen molar-refractivity contribution in [1.82, 2.24) is 10.3 Å². The number of rotatable bonds is 5. The summed E-state index contributed by atoms with van der Waals surface area (Å²) in [5, 5.41) is 11.6. The highest BCUT2D eigenvalue weighted by Crippen LogP contribution is 2.36. The molecule has 0 amide bonds. The predicted octanol–water partition coefficient (Wildman–Crippen LogP) is 4.37. The number of nitrogens with two attached hydrogens (primary N) is 1. The SMILES string of the molecule is CC(C)N/C(=C\C(=N)c1cnc(N)c(C(F)(F)F)c1)[C@@H]1CCC[C@@H]1C. The first kappa shape index (κ1) is 19.3. The van der Waals surface area contributed by atoms with E-state index < -0.39 is 17.6 Å². The Bertz CT molecular complexity index is 665. The lowest BCUT2D eigenvalue weighted by Gasteiger charge is -2.23. The Kier molecular flexibility index (Phi) is 5.75. The second kappa shape index (κ2) is 7.45. The summed E-state index contributed by atoms with van der Waals surface area (Å²) >= 11 is 0. The summed E-state index contributed by atoms with van der Waals surface area (Å²) in [7, 11) is 0. The quantitative estimate of drug-likeness (QED) is 0.688. The van der Waals surface area contributed by atoms with Crippen LogP contribution in [-0.4, -0.2) is 16.7 Å². The van der Waals surface area contributed by atoms with Crippen molar-refractivity contribution in [3.05, 3.63) is 35.2 Å². The highest BCUT2D eigenvalue weighted by Gasteiger charge is 2.34. The van der Waals surface area contributed by atoms with Crippen LogP contribution >= 0.6 is 0 Å². The van der Waals surface area contributed by atoms with Gasteiger partial charge in [0.05, 0.1) is 11.3 Å². The molecule has 0 aromatic carbocycles. The highest BCUT2D eigenvalue weighted by molar-refractivity contribution is 6.07. The van der Waals surface area contributed by atoms with Crippen LogP contribution in [0.5, 0.6) is 0 Å².